The van der Waals surface area contributed by atoms with Crippen LogP contribution in [0.15, 0.2) is 68.3 Å². The molecule has 0 aliphatic rings. The lowest BCUT2D eigenvalue weighted by Gasteiger charge is -2.10. The molecule has 6 nitrogen and oxygen atoms in total. The lowest BCUT2D eigenvalue weighted by Crippen LogP contribution is -2.06. The second-order valence-corrected chi connectivity index (χ2v) is 6.74. The van der Waals surface area contributed by atoms with Gasteiger partial charge in [-0.25, -0.2) is 14.8 Å². The third-order valence-electron chi connectivity index (χ3n) is 4.10. The fraction of sp³-hybridized carbons (Fsp3) is 0.0500. The number of hydrogen-bond donors (Lipinski definition) is 1. The minimum atomic E-state index is -0.492. The van der Waals surface area contributed by atoms with Crippen molar-refractivity contribution in [3.05, 3.63) is 69.5 Å². The van der Waals surface area contributed by atoms with Gasteiger partial charge in [0.1, 0.15) is 11.3 Å². The van der Waals surface area contributed by atoms with Crippen molar-refractivity contribution in [2.75, 3.05) is 12.8 Å². The van der Waals surface area contributed by atoms with Crippen molar-refractivity contribution < 1.29 is 9.15 Å². The number of benzene rings is 2. The molecule has 2 N–H and O–H groups in total. The highest BCUT2D eigenvalue weighted by Crippen LogP contribution is 2.31. The maximum absolute atomic E-state index is 12.5. The van der Waals surface area contributed by atoms with Gasteiger partial charge in [0.05, 0.1) is 24.1 Å². The zero-order chi connectivity index (χ0) is 19.0. The van der Waals surface area contributed by atoms with Crippen LogP contribution >= 0.6 is 15.9 Å². The van der Waals surface area contributed by atoms with Gasteiger partial charge in [-0.15, -0.1) is 0 Å². The molecule has 4 rings (SSSR count). The van der Waals surface area contributed by atoms with Crippen LogP contribution in [0.25, 0.3) is 33.5 Å². The van der Waals surface area contributed by atoms with Crippen LogP contribution in [0.1, 0.15) is 0 Å². The molecule has 0 atom stereocenters. The molecule has 4 aromatic rings. The van der Waals surface area contributed by atoms with Crippen LogP contribution < -0.4 is 16.1 Å². The summed E-state index contributed by atoms with van der Waals surface area (Å²) in [7, 11) is 1.58. The van der Waals surface area contributed by atoms with E-state index < -0.39 is 5.63 Å². The summed E-state index contributed by atoms with van der Waals surface area (Å²) in [5.74, 6) is 0.707. The number of rotatable bonds is 3. The Kier molecular flexibility index (Phi) is 4.37. The monoisotopic (exact) mass is 423 g/mol. The van der Waals surface area contributed by atoms with E-state index >= 15 is 0 Å². The molecule has 0 bridgehead atoms. The Bertz CT molecular complexity index is 1220. The fourth-order valence-corrected chi connectivity index (χ4v) is 3.25. The Balaban J connectivity index is 1.93. The molecule has 0 aliphatic carbocycles. The molecule has 0 spiro atoms. The number of methoxy groups -OCH3 is 1. The summed E-state index contributed by atoms with van der Waals surface area (Å²) in [6.07, 6.45) is 0. The highest BCUT2D eigenvalue weighted by atomic mass is 79.9. The van der Waals surface area contributed by atoms with E-state index in [-0.39, 0.29) is 5.95 Å². The summed E-state index contributed by atoms with van der Waals surface area (Å²) in [4.78, 5) is 21.0. The first-order valence-electron chi connectivity index (χ1n) is 8.07. The number of fused-ring (bicyclic) bond motifs is 1. The maximum atomic E-state index is 12.5. The van der Waals surface area contributed by atoms with Crippen molar-refractivity contribution in [2.45, 2.75) is 0 Å². The van der Waals surface area contributed by atoms with Gasteiger partial charge in [-0.2, -0.15) is 0 Å². The summed E-state index contributed by atoms with van der Waals surface area (Å²) in [6.45, 7) is 0. The summed E-state index contributed by atoms with van der Waals surface area (Å²) in [5.41, 5.74) is 7.93. The lowest BCUT2D eigenvalue weighted by molar-refractivity contribution is 0.416. The van der Waals surface area contributed by atoms with Gasteiger partial charge in [-0.3, -0.25) is 0 Å². The Morgan fingerprint density at radius 1 is 1.00 bits per heavy atom. The van der Waals surface area contributed by atoms with Crippen LogP contribution in [-0.4, -0.2) is 17.1 Å². The molecule has 2 aromatic carbocycles. The van der Waals surface area contributed by atoms with Gasteiger partial charge in [0.2, 0.25) is 5.95 Å². The molecule has 134 valence electrons. The fourth-order valence-electron chi connectivity index (χ4n) is 2.87. The average molecular weight is 424 g/mol. The van der Waals surface area contributed by atoms with Gasteiger partial charge in [0.25, 0.3) is 0 Å². The standard InChI is InChI=1S/C20H14BrN3O3/c1-26-18-5-3-2-4-13(18)15-10-16(24-20(22)23-15)14-9-11-8-12(21)6-7-17(11)27-19(14)25/h2-10H,1H3,(H2,22,23,24). The van der Waals surface area contributed by atoms with Gasteiger partial charge in [0, 0.05) is 15.4 Å². The van der Waals surface area contributed by atoms with E-state index in [4.69, 9.17) is 14.9 Å². The highest BCUT2D eigenvalue weighted by molar-refractivity contribution is 9.10. The zero-order valence-electron chi connectivity index (χ0n) is 14.3. The van der Waals surface area contributed by atoms with E-state index in [1.54, 1.807) is 25.3 Å². The van der Waals surface area contributed by atoms with Crippen molar-refractivity contribution in [1.29, 1.82) is 0 Å². The van der Waals surface area contributed by atoms with Crippen LogP contribution in [0.2, 0.25) is 0 Å². The first-order valence-corrected chi connectivity index (χ1v) is 8.86. The summed E-state index contributed by atoms with van der Waals surface area (Å²) in [5, 5.41) is 0.773. The minimum absolute atomic E-state index is 0.0575. The largest absolute Gasteiger partial charge is 0.496 e. The zero-order valence-corrected chi connectivity index (χ0v) is 15.9. The normalized spacial score (nSPS) is 10.9. The van der Waals surface area contributed by atoms with E-state index in [0.717, 1.165) is 15.4 Å². The third-order valence-corrected chi connectivity index (χ3v) is 4.59. The molecule has 0 unspecified atom stereocenters. The van der Waals surface area contributed by atoms with Gasteiger partial charge in [-0.1, -0.05) is 28.1 Å². The molecule has 7 heteroatoms. The van der Waals surface area contributed by atoms with E-state index in [1.807, 2.05) is 36.4 Å². The quantitative estimate of drug-likeness (QED) is 0.494. The van der Waals surface area contributed by atoms with Crippen LogP contribution in [-0.2, 0) is 0 Å². The Hall–Kier alpha value is -3.19. The average Bonchev–Trinajstić information content (AvgIpc) is 2.67. The number of nitrogen functional groups attached to an aromatic ring is 1. The SMILES string of the molecule is COc1ccccc1-c1cc(-c2cc3cc(Br)ccc3oc2=O)nc(N)n1. The Labute approximate surface area is 162 Å². The van der Waals surface area contributed by atoms with Crippen LogP contribution in [0, 0.1) is 0 Å². The molecule has 0 amide bonds. The lowest BCUT2D eigenvalue weighted by atomic mass is 10.1. The first-order chi connectivity index (χ1) is 13.0. The predicted molar refractivity (Wildman–Crippen MR) is 108 cm³/mol. The number of nitrogens with two attached hydrogens (primary N) is 1. The third kappa shape index (κ3) is 3.29. The van der Waals surface area contributed by atoms with E-state index in [1.165, 1.54) is 0 Å². The molecular formula is C20H14BrN3O3. The number of hydrogen-bond acceptors (Lipinski definition) is 6. The molecule has 0 aliphatic heterocycles. The molecule has 0 saturated heterocycles. The Morgan fingerprint density at radius 3 is 2.52 bits per heavy atom. The second kappa shape index (κ2) is 6.85. The summed E-state index contributed by atoms with van der Waals surface area (Å²) >= 11 is 3.42. The van der Waals surface area contributed by atoms with Crippen molar-refractivity contribution in [1.82, 2.24) is 9.97 Å². The number of nitrogens with zero attached hydrogens (tertiary/aromatic N) is 2. The van der Waals surface area contributed by atoms with E-state index in [0.29, 0.717) is 28.3 Å². The summed E-state index contributed by atoms with van der Waals surface area (Å²) < 4.78 is 11.7. The minimum Gasteiger partial charge on any atom is -0.496 e. The molecule has 27 heavy (non-hydrogen) atoms. The van der Waals surface area contributed by atoms with E-state index in [9.17, 15) is 4.79 Å². The Morgan fingerprint density at radius 2 is 1.74 bits per heavy atom. The number of aromatic nitrogens is 2. The van der Waals surface area contributed by atoms with Crippen molar-refractivity contribution in [3.63, 3.8) is 0 Å². The topological polar surface area (TPSA) is 91.2 Å². The number of para-hydroxylation sites is 1. The van der Waals surface area contributed by atoms with Crippen LogP contribution in [0.4, 0.5) is 5.95 Å². The van der Waals surface area contributed by atoms with Gasteiger partial charge in [-0.05, 0) is 42.5 Å². The number of anilines is 1. The smallest absolute Gasteiger partial charge is 0.345 e. The molecule has 0 fully saturated rings. The molecule has 2 heterocycles. The van der Waals surface area contributed by atoms with Gasteiger partial charge >= 0.3 is 5.63 Å². The number of halogens is 1. The predicted octanol–water partition coefficient (Wildman–Crippen LogP) is 4.27. The molecule has 0 radical (unpaired) electrons. The van der Waals surface area contributed by atoms with Crippen molar-refractivity contribution in [3.8, 4) is 28.3 Å². The second-order valence-electron chi connectivity index (χ2n) is 5.83. The number of ether oxygens (including phenoxy) is 1. The molecule has 2 aromatic heterocycles. The van der Waals surface area contributed by atoms with E-state index in [2.05, 4.69) is 25.9 Å². The van der Waals surface area contributed by atoms with Crippen LogP contribution in [0.5, 0.6) is 5.75 Å². The highest BCUT2D eigenvalue weighted by Gasteiger charge is 2.14. The van der Waals surface area contributed by atoms with Crippen LogP contribution in [0.3, 0.4) is 0 Å². The van der Waals surface area contributed by atoms with Gasteiger partial charge < -0.3 is 14.9 Å². The summed E-state index contributed by atoms with van der Waals surface area (Å²) in [6, 6.07) is 16.3. The van der Waals surface area contributed by atoms with Gasteiger partial charge in [0.15, 0.2) is 0 Å². The van der Waals surface area contributed by atoms with Crippen molar-refractivity contribution in [2.24, 2.45) is 0 Å². The first kappa shape index (κ1) is 17.2. The van der Waals surface area contributed by atoms with Crippen molar-refractivity contribution >= 4 is 32.8 Å². The maximum Gasteiger partial charge on any atom is 0.345 e. The molecule has 0 saturated carbocycles. The molecular weight excluding hydrogens is 410 g/mol.